The van der Waals surface area contributed by atoms with Crippen LogP contribution in [0.4, 0.5) is 0 Å². The van der Waals surface area contributed by atoms with Crippen LogP contribution >= 0.6 is 7.26 Å². The summed E-state index contributed by atoms with van der Waals surface area (Å²) in [7, 11) is -0.876. The molecule has 0 unspecified atom stereocenters. The van der Waals surface area contributed by atoms with E-state index in [9.17, 15) is 0 Å². The van der Waals surface area contributed by atoms with Crippen molar-refractivity contribution in [2.24, 2.45) is 11.8 Å². The summed E-state index contributed by atoms with van der Waals surface area (Å²) in [6.45, 7) is 14.5. The van der Waals surface area contributed by atoms with Crippen molar-refractivity contribution in [3.8, 4) is 0 Å². The van der Waals surface area contributed by atoms with E-state index in [-0.39, 0.29) is 0 Å². The van der Waals surface area contributed by atoms with Crippen molar-refractivity contribution in [2.45, 2.75) is 41.0 Å². The fourth-order valence-electron chi connectivity index (χ4n) is 2.86. The molecule has 0 rings (SSSR count). The molecular weight excluding hydrogens is 175 g/mol. The van der Waals surface area contributed by atoms with Crippen LogP contribution in [0.2, 0.25) is 0 Å². The van der Waals surface area contributed by atoms with Crippen molar-refractivity contribution in [3.63, 3.8) is 0 Å². The van der Waals surface area contributed by atoms with Crippen molar-refractivity contribution in [2.75, 3.05) is 25.2 Å². The molecule has 13 heavy (non-hydrogen) atoms. The van der Waals surface area contributed by atoms with E-state index in [0.29, 0.717) is 0 Å². The monoisotopic (exact) mass is 204 g/mol. The summed E-state index contributed by atoms with van der Waals surface area (Å²) >= 11 is 0. The second-order valence-electron chi connectivity index (χ2n) is 5.76. The molecule has 82 valence electrons. The first kappa shape index (κ1) is 13.4. The number of rotatable bonds is 6. The predicted octanol–water partition coefficient (Wildman–Crippen LogP) is 4.09. The average molecular weight is 204 g/mol. The van der Waals surface area contributed by atoms with Gasteiger partial charge in [0.05, 0.1) is 0 Å². The van der Waals surface area contributed by atoms with Crippen LogP contribution in [-0.2, 0) is 0 Å². The molecule has 0 spiro atoms. The minimum absolute atomic E-state index is 0.876. The van der Waals surface area contributed by atoms with E-state index in [4.69, 9.17) is 0 Å². The first-order valence-electron chi connectivity index (χ1n) is 5.89. The van der Waals surface area contributed by atoms with Crippen LogP contribution in [0.25, 0.3) is 0 Å². The van der Waals surface area contributed by atoms with Crippen LogP contribution in [0.1, 0.15) is 41.0 Å². The van der Waals surface area contributed by atoms with E-state index >= 15 is 0 Å². The van der Waals surface area contributed by atoms with Gasteiger partial charge >= 0.3 is 85.3 Å². The normalized spacial score (nSPS) is 14.2. The van der Waals surface area contributed by atoms with Crippen LogP contribution < -0.4 is 0 Å². The molecule has 0 bridgehead atoms. The fraction of sp³-hybridized carbons (Fsp3) is 1.00. The molecule has 0 aliphatic rings. The molecular formula is C12H29P. The van der Waals surface area contributed by atoms with Gasteiger partial charge in [-0.05, 0) is 0 Å². The third kappa shape index (κ3) is 6.49. The van der Waals surface area contributed by atoms with Crippen molar-refractivity contribution in [3.05, 3.63) is 0 Å². The number of hydrogen-bond acceptors (Lipinski definition) is 0. The van der Waals surface area contributed by atoms with Gasteiger partial charge in [-0.1, -0.05) is 0 Å². The molecule has 0 saturated carbocycles. The Labute approximate surface area is 85.8 Å². The van der Waals surface area contributed by atoms with Gasteiger partial charge in [-0.2, -0.15) is 0 Å². The third-order valence-corrected chi connectivity index (χ3v) is 7.97. The van der Waals surface area contributed by atoms with Crippen LogP contribution in [0, 0.1) is 11.8 Å². The topological polar surface area (TPSA) is 0 Å². The summed E-state index contributed by atoms with van der Waals surface area (Å²) in [5, 5.41) is 0. The van der Waals surface area contributed by atoms with Crippen molar-refractivity contribution in [1.29, 1.82) is 0 Å². The summed E-state index contributed by atoms with van der Waals surface area (Å²) < 4.78 is 0. The van der Waals surface area contributed by atoms with Crippen LogP contribution in [0.5, 0.6) is 0 Å². The van der Waals surface area contributed by atoms with E-state index in [1.807, 2.05) is 0 Å². The molecule has 0 amide bonds. The van der Waals surface area contributed by atoms with Gasteiger partial charge in [0.15, 0.2) is 0 Å². The molecule has 0 atom stereocenters. The zero-order chi connectivity index (χ0) is 10.5. The summed E-state index contributed by atoms with van der Waals surface area (Å²) in [6, 6.07) is 0. The summed E-state index contributed by atoms with van der Waals surface area (Å²) in [4.78, 5) is 0. The summed E-state index contributed by atoms with van der Waals surface area (Å²) in [5.41, 5.74) is 0. The standard InChI is InChI=1S/C12H29P/c1-7-8-13(6,9-11(2)3)10-12(4)5/h11-13H,7-10H2,1-6H3. The molecule has 0 radical (unpaired) electrons. The minimum atomic E-state index is -0.876. The van der Waals surface area contributed by atoms with Crippen LogP contribution in [-0.4, -0.2) is 25.2 Å². The van der Waals surface area contributed by atoms with Gasteiger partial charge in [0.2, 0.25) is 0 Å². The Hall–Kier alpha value is 0.430. The number of hydrogen-bond donors (Lipinski definition) is 0. The Morgan fingerprint density at radius 2 is 1.31 bits per heavy atom. The maximum absolute atomic E-state index is 2.61. The Balaban J connectivity index is 4.15. The molecule has 0 aromatic carbocycles. The zero-order valence-corrected chi connectivity index (χ0v) is 11.5. The van der Waals surface area contributed by atoms with Gasteiger partial charge in [0, 0.05) is 0 Å². The molecule has 0 heterocycles. The van der Waals surface area contributed by atoms with E-state index < -0.39 is 7.26 Å². The first-order valence-corrected chi connectivity index (χ1v) is 9.01. The van der Waals surface area contributed by atoms with E-state index in [1.54, 1.807) is 0 Å². The van der Waals surface area contributed by atoms with Crippen molar-refractivity contribution >= 4 is 7.26 Å². The summed E-state index contributed by atoms with van der Waals surface area (Å²) in [6.07, 6.45) is 5.98. The molecule has 0 aliphatic carbocycles. The molecule has 0 saturated heterocycles. The Morgan fingerprint density at radius 1 is 0.923 bits per heavy atom. The van der Waals surface area contributed by atoms with E-state index in [2.05, 4.69) is 41.3 Å². The maximum atomic E-state index is 2.61. The quantitative estimate of drug-likeness (QED) is 0.572. The molecule has 0 aliphatic heterocycles. The van der Waals surface area contributed by atoms with Gasteiger partial charge < -0.3 is 0 Å². The Kier molecular flexibility index (Phi) is 6.21. The first-order chi connectivity index (χ1) is 5.89. The Morgan fingerprint density at radius 3 is 1.54 bits per heavy atom. The van der Waals surface area contributed by atoms with Crippen molar-refractivity contribution < 1.29 is 0 Å². The molecule has 0 N–H and O–H groups in total. The average Bonchev–Trinajstić information content (AvgIpc) is 1.81. The fourth-order valence-corrected chi connectivity index (χ4v) is 8.59. The van der Waals surface area contributed by atoms with Gasteiger partial charge in [0.1, 0.15) is 0 Å². The molecule has 0 nitrogen and oxygen atoms in total. The summed E-state index contributed by atoms with van der Waals surface area (Å²) in [5.74, 6) is 1.81. The third-order valence-electron chi connectivity index (χ3n) is 2.66. The van der Waals surface area contributed by atoms with Gasteiger partial charge in [-0.3, -0.25) is 0 Å². The molecule has 0 aromatic rings. The SMILES string of the molecule is CCC[PH](C)(CC(C)C)CC(C)C. The van der Waals surface area contributed by atoms with Gasteiger partial charge in [-0.15, -0.1) is 0 Å². The Bertz CT molecular complexity index is 117. The second kappa shape index (κ2) is 6.02. The molecule has 0 fully saturated rings. The van der Waals surface area contributed by atoms with Crippen LogP contribution in [0.15, 0.2) is 0 Å². The molecule has 0 aromatic heterocycles. The second-order valence-corrected chi connectivity index (χ2v) is 10.7. The van der Waals surface area contributed by atoms with Gasteiger partial charge in [-0.25, -0.2) is 0 Å². The zero-order valence-electron chi connectivity index (χ0n) is 10.5. The van der Waals surface area contributed by atoms with E-state index in [1.165, 1.54) is 24.9 Å². The van der Waals surface area contributed by atoms with Crippen molar-refractivity contribution in [1.82, 2.24) is 0 Å². The van der Waals surface area contributed by atoms with Crippen LogP contribution in [0.3, 0.4) is 0 Å². The predicted molar refractivity (Wildman–Crippen MR) is 68.8 cm³/mol. The molecule has 1 heteroatoms. The van der Waals surface area contributed by atoms with Gasteiger partial charge in [0.25, 0.3) is 0 Å². The van der Waals surface area contributed by atoms with E-state index in [0.717, 1.165) is 11.8 Å².